The number of ether oxygens (including phenoxy) is 2. The molecule has 8 nitrogen and oxygen atoms in total. The first-order valence-electron chi connectivity index (χ1n) is 9.17. The molecule has 1 amide bonds. The first kappa shape index (κ1) is 19.9. The summed E-state index contributed by atoms with van der Waals surface area (Å²) in [6, 6.07) is 3.19. The number of furan rings is 1. The molecule has 1 fully saturated rings. The first-order chi connectivity index (χ1) is 13.4. The molecule has 8 heteroatoms. The largest absolute Gasteiger partial charge is 0.464 e. The van der Waals surface area contributed by atoms with Gasteiger partial charge in [0.25, 0.3) is 5.91 Å². The van der Waals surface area contributed by atoms with Crippen LogP contribution in [0.4, 0.5) is 0 Å². The molecule has 0 spiro atoms. The molecule has 1 atom stereocenters. The van der Waals surface area contributed by atoms with Gasteiger partial charge in [0.1, 0.15) is 5.69 Å². The zero-order valence-corrected chi connectivity index (χ0v) is 16.2. The number of H-pyrrole nitrogens is 1. The molecule has 3 heterocycles. The van der Waals surface area contributed by atoms with Crippen LogP contribution in [-0.4, -0.2) is 60.5 Å². The van der Waals surface area contributed by atoms with Crippen LogP contribution in [0, 0.1) is 13.8 Å². The van der Waals surface area contributed by atoms with Crippen molar-refractivity contribution >= 4 is 17.7 Å². The number of Topliss-reactive ketones (excluding diaryl/α,β-unsaturated/α-hetero) is 1. The lowest BCUT2D eigenvalue weighted by Crippen LogP contribution is -2.40. The van der Waals surface area contributed by atoms with E-state index >= 15 is 0 Å². The number of methoxy groups -OCH3 is 1. The van der Waals surface area contributed by atoms with E-state index in [0.717, 1.165) is 12.8 Å². The maximum absolute atomic E-state index is 13.0. The van der Waals surface area contributed by atoms with Crippen LogP contribution in [-0.2, 0) is 9.47 Å². The molecule has 150 valence electrons. The Balaban J connectivity index is 1.83. The highest BCUT2D eigenvalue weighted by Gasteiger charge is 2.29. The van der Waals surface area contributed by atoms with Crippen LogP contribution >= 0.6 is 0 Å². The summed E-state index contributed by atoms with van der Waals surface area (Å²) in [6.45, 7) is 4.21. The molecule has 2 aromatic heterocycles. The van der Waals surface area contributed by atoms with Crippen LogP contribution in [0.15, 0.2) is 22.8 Å². The van der Waals surface area contributed by atoms with Gasteiger partial charge in [0.15, 0.2) is 11.5 Å². The maximum atomic E-state index is 13.0. The van der Waals surface area contributed by atoms with E-state index in [-0.39, 0.29) is 35.8 Å². The SMILES string of the molecule is COC(=O)c1[nH]c(C)c(C(=O)CN(CC2CCCO2)C(=O)c2ccco2)c1C. The van der Waals surface area contributed by atoms with Crippen molar-refractivity contribution in [3.8, 4) is 0 Å². The third kappa shape index (κ3) is 4.01. The number of ketones is 1. The topological polar surface area (TPSA) is 102 Å². The van der Waals surface area contributed by atoms with Crippen LogP contribution in [0.1, 0.15) is 55.5 Å². The highest BCUT2D eigenvalue weighted by atomic mass is 16.5. The quantitative estimate of drug-likeness (QED) is 0.578. The zero-order valence-electron chi connectivity index (χ0n) is 16.2. The van der Waals surface area contributed by atoms with Crippen LogP contribution in [0.25, 0.3) is 0 Å². The molecule has 1 unspecified atom stereocenters. The molecule has 0 saturated carbocycles. The van der Waals surface area contributed by atoms with E-state index in [1.54, 1.807) is 26.0 Å². The summed E-state index contributed by atoms with van der Waals surface area (Å²) in [5.74, 6) is -1.00. The Morgan fingerprint density at radius 1 is 1.32 bits per heavy atom. The van der Waals surface area contributed by atoms with E-state index in [1.807, 2.05) is 0 Å². The number of hydrogen-bond donors (Lipinski definition) is 1. The summed E-state index contributed by atoms with van der Waals surface area (Å²) in [4.78, 5) is 42.1. The predicted molar refractivity (Wildman–Crippen MR) is 99.5 cm³/mol. The molecule has 3 rings (SSSR count). The van der Waals surface area contributed by atoms with Crippen molar-refractivity contribution in [1.29, 1.82) is 0 Å². The Morgan fingerprint density at radius 2 is 2.11 bits per heavy atom. The van der Waals surface area contributed by atoms with E-state index in [9.17, 15) is 14.4 Å². The fraction of sp³-hybridized carbons (Fsp3) is 0.450. The highest BCUT2D eigenvalue weighted by Crippen LogP contribution is 2.21. The van der Waals surface area contributed by atoms with Crippen molar-refractivity contribution in [2.75, 3.05) is 26.8 Å². The van der Waals surface area contributed by atoms with Crippen molar-refractivity contribution in [3.05, 3.63) is 46.7 Å². The second-order valence-corrected chi connectivity index (χ2v) is 6.84. The lowest BCUT2D eigenvalue weighted by atomic mass is 10.0. The van der Waals surface area contributed by atoms with E-state index in [4.69, 9.17) is 13.9 Å². The molecular formula is C20H24N2O6. The number of nitrogens with zero attached hydrogens (tertiary/aromatic N) is 1. The Bertz CT molecular complexity index is 862. The van der Waals surface area contributed by atoms with E-state index in [0.29, 0.717) is 30.0 Å². The Hall–Kier alpha value is -2.87. The normalized spacial score (nSPS) is 16.2. The molecule has 0 bridgehead atoms. The molecule has 0 radical (unpaired) electrons. The number of carbonyl (C=O) groups excluding carboxylic acids is 3. The van der Waals surface area contributed by atoms with Gasteiger partial charge in [0.2, 0.25) is 0 Å². The molecular weight excluding hydrogens is 364 g/mol. The Morgan fingerprint density at radius 3 is 2.71 bits per heavy atom. The van der Waals surface area contributed by atoms with Crippen molar-refractivity contribution in [3.63, 3.8) is 0 Å². The van der Waals surface area contributed by atoms with Crippen LogP contribution in [0.5, 0.6) is 0 Å². The van der Waals surface area contributed by atoms with Crippen molar-refractivity contribution in [1.82, 2.24) is 9.88 Å². The summed E-state index contributed by atoms with van der Waals surface area (Å²) in [5, 5.41) is 0. The molecule has 2 aromatic rings. The van der Waals surface area contributed by atoms with Gasteiger partial charge in [-0.15, -0.1) is 0 Å². The molecule has 0 aromatic carbocycles. The minimum absolute atomic E-state index is 0.106. The second kappa shape index (κ2) is 8.43. The number of aromatic amines is 1. The fourth-order valence-electron chi connectivity index (χ4n) is 3.54. The van der Waals surface area contributed by atoms with Crippen molar-refractivity contribution in [2.24, 2.45) is 0 Å². The standard InChI is InChI=1S/C20H24N2O6/c1-12-17(13(2)21-18(12)20(25)26-3)15(23)11-22(10-14-6-4-8-27-14)19(24)16-7-5-9-28-16/h5,7,9,14,21H,4,6,8,10-11H2,1-3H3. The van der Waals surface area contributed by atoms with Gasteiger partial charge in [-0.25, -0.2) is 4.79 Å². The van der Waals surface area contributed by atoms with Crippen LogP contribution in [0.3, 0.4) is 0 Å². The van der Waals surface area contributed by atoms with Crippen LogP contribution < -0.4 is 0 Å². The number of amides is 1. The Kier molecular flexibility index (Phi) is 5.99. The predicted octanol–water partition coefficient (Wildman–Crippen LogP) is 2.52. The average Bonchev–Trinajstić information content (AvgIpc) is 3.42. The summed E-state index contributed by atoms with van der Waals surface area (Å²) < 4.78 is 15.6. The molecule has 1 aliphatic heterocycles. The molecule has 1 N–H and O–H groups in total. The monoisotopic (exact) mass is 388 g/mol. The van der Waals surface area contributed by atoms with Gasteiger partial charge in [-0.2, -0.15) is 0 Å². The Labute approximate surface area is 162 Å². The van der Waals surface area contributed by atoms with Crippen molar-refractivity contribution in [2.45, 2.75) is 32.8 Å². The molecule has 28 heavy (non-hydrogen) atoms. The number of esters is 1. The van der Waals surface area contributed by atoms with Gasteiger partial charge in [-0.1, -0.05) is 0 Å². The van der Waals surface area contributed by atoms with Crippen molar-refractivity contribution < 1.29 is 28.3 Å². The van der Waals surface area contributed by atoms with Gasteiger partial charge in [0.05, 0.1) is 26.0 Å². The molecule has 1 aliphatic rings. The van der Waals surface area contributed by atoms with E-state index < -0.39 is 5.97 Å². The smallest absolute Gasteiger partial charge is 0.354 e. The minimum atomic E-state index is -0.539. The maximum Gasteiger partial charge on any atom is 0.354 e. The minimum Gasteiger partial charge on any atom is -0.464 e. The summed E-state index contributed by atoms with van der Waals surface area (Å²) in [6.07, 6.45) is 3.08. The van der Waals surface area contributed by atoms with Gasteiger partial charge >= 0.3 is 5.97 Å². The summed E-state index contributed by atoms with van der Waals surface area (Å²) >= 11 is 0. The fourth-order valence-corrected chi connectivity index (χ4v) is 3.54. The van der Waals surface area contributed by atoms with Gasteiger partial charge in [0, 0.05) is 24.4 Å². The number of rotatable bonds is 7. The van der Waals surface area contributed by atoms with Gasteiger partial charge in [-0.3, -0.25) is 9.59 Å². The average molecular weight is 388 g/mol. The summed E-state index contributed by atoms with van der Waals surface area (Å²) in [5.41, 5.74) is 1.71. The number of nitrogens with one attached hydrogen (secondary N) is 1. The lowest BCUT2D eigenvalue weighted by molar-refractivity contribution is 0.0485. The highest BCUT2D eigenvalue weighted by molar-refractivity contribution is 6.05. The summed E-state index contributed by atoms with van der Waals surface area (Å²) in [7, 11) is 1.28. The molecule has 1 saturated heterocycles. The van der Waals surface area contributed by atoms with Gasteiger partial charge in [-0.05, 0) is 44.4 Å². The number of aryl methyl sites for hydroxylation is 1. The third-order valence-electron chi connectivity index (χ3n) is 4.91. The molecule has 0 aliphatic carbocycles. The number of carbonyl (C=O) groups is 3. The lowest BCUT2D eigenvalue weighted by Gasteiger charge is -2.24. The van der Waals surface area contributed by atoms with Gasteiger partial charge < -0.3 is 23.8 Å². The van der Waals surface area contributed by atoms with Crippen LogP contribution in [0.2, 0.25) is 0 Å². The van der Waals surface area contributed by atoms with E-state index in [1.165, 1.54) is 18.3 Å². The number of aromatic nitrogens is 1. The number of hydrogen-bond acceptors (Lipinski definition) is 6. The van der Waals surface area contributed by atoms with E-state index in [2.05, 4.69) is 4.98 Å². The zero-order chi connectivity index (χ0) is 20.3. The second-order valence-electron chi connectivity index (χ2n) is 6.84. The third-order valence-corrected chi connectivity index (χ3v) is 4.91. The first-order valence-corrected chi connectivity index (χ1v) is 9.17.